The van der Waals surface area contributed by atoms with E-state index in [0.717, 1.165) is 6.42 Å². The van der Waals surface area contributed by atoms with Gasteiger partial charge in [-0.3, -0.25) is 4.79 Å². The second-order valence-electron chi connectivity index (χ2n) is 3.86. The number of aryl methyl sites for hydroxylation is 1. The first-order valence-electron chi connectivity index (χ1n) is 5.56. The summed E-state index contributed by atoms with van der Waals surface area (Å²) < 4.78 is 0. The lowest BCUT2D eigenvalue weighted by atomic mass is 10.1. The highest BCUT2D eigenvalue weighted by molar-refractivity contribution is 5.97. The summed E-state index contributed by atoms with van der Waals surface area (Å²) in [4.78, 5) is 13.6. The van der Waals surface area contributed by atoms with Crippen molar-refractivity contribution in [3.05, 3.63) is 29.3 Å². The van der Waals surface area contributed by atoms with E-state index in [-0.39, 0.29) is 23.8 Å². The molecule has 1 rings (SSSR count). The third kappa shape index (κ3) is 2.97. The highest BCUT2D eigenvalue weighted by Crippen LogP contribution is 2.22. The first-order chi connectivity index (χ1) is 8.11. The topological polar surface area (TPSA) is 64.3 Å². The average molecular weight is 232 g/mol. The molecule has 1 amide bonds. The molecule has 0 saturated carbocycles. The van der Waals surface area contributed by atoms with Crippen LogP contribution < -0.4 is 0 Å². The maximum absolute atomic E-state index is 12.1. The molecule has 1 N–H and O–H groups in total. The number of carbonyl (C=O) groups is 1. The van der Waals surface area contributed by atoms with Crippen LogP contribution in [-0.2, 0) is 0 Å². The van der Waals surface area contributed by atoms with Gasteiger partial charge >= 0.3 is 0 Å². The van der Waals surface area contributed by atoms with Crippen LogP contribution in [0, 0.1) is 18.3 Å². The molecule has 4 heteroatoms. The van der Waals surface area contributed by atoms with Gasteiger partial charge in [0.25, 0.3) is 5.91 Å². The zero-order chi connectivity index (χ0) is 12.8. The monoisotopic (exact) mass is 232 g/mol. The lowest BCUT2D eigenvalue weighted by Crippen LogP contribution is -2.32. The molecule has 0 aliphatic rings. The fourth-order valence-corrected chi connectivity index (χ4v) is 1.61. The standard InChI is InChI=1S/C13H16N2O2/c1-3-8-15(9-7-14)13(17)11-6-4-5-10(2)12(11)16/h4-6,16H,3,8-9H2,1-2H3. The number of amides is 1. The number of benzene rings is 1. The van der Waals surface area contributed by atoms with Crippen molar-refractivity contribution in [2.75, 3.05) is 13.1 Å². The second-order valence-corrected chi connectivity index (χ2v) is 3.86. The lowest BCUT2D eigenvalue weighted by molar-refractivity contribution is 0.0773. The lowest BCUT2D eigenvalue weighted by Gasteiger charge is -2.19. The molecule has 0 atom stereocenters. The van der Waals surface area contributed by atoms with Crippen molar-refractivity contribution in [2.24, 2.45) is 0 Å². The molecule has 0 bridgehead atoms. The van der Waals surface area contributed by atoms with E-state index >= 15 is 0 Å². The number of rotatable bonds is 4. The number of carbonyl (C=O) groups excluding carboxylic acids is 1. The zero-order valence-electron chi connectivity index (χ0n) is 10.1. The molecule has 90 valence electrons. The summed E-state index contributed by atoms with van der Waals surface area (Å²) in [5.74, 6) is -0.300. The maximum Gasteiger partial charge on any atom is 0.258 e. The molecule has 0 radical (unpaired) electrons. The summed E-state index contributed by atoms with van der Waals surface area (Å²) in [6.07, 6.45) is 0.778. The number of hydrogen-bond acceptors (Lipinski definition) is 3. The number of phenolic OH excluding ortho intramolecular Hbond substituents is 1. The van der Waals surface area contributed by atoms with Crippen molar-refractivity contribution in [1.82, 2.24) is 4.90 Å². The molecule has 0 unspecified atom stereocenters. The van der Waals surface area contributed by atoms with Crippen LogP contribution in [0.3, 0.4) is 0 Å². The van der Waals surface area contributed by atoms with Crippen LogP contribution in [-0.4, -0.2) is 29.0 Å². The first kappa shape index (κ1) is 13.0. The van der Waals surface area contributed by atoms with E-state index in [1.165, 1.54) is 4.90 Å². The molecule has 17 heavy (non-hydrogen) atoms. The Bertz CT molecular complexity index is 449. The first-order valence-corrected chi connectivity index (χ1v) is 5.56. The van der Waals surface area contributed by atoms with Gasteiger partial charge in [0.1, 0.15) is 12.3 Å². The molecule has 0 heterocycles. The van der Waals surface area contributed by atoms with Crippen molar-refractivity contribution in [3.8, 4) is 11.8 Å². The highest BCUT2D eigenvalue weighted by Gasteiger charge is 2.18. The summed E-state index contributed by atoms with van der Waals surface area (Å²) in [6, 6.07) is 6.99. The van der Waals surface area contributed by atoms with Gasteiger partial charge in [-0.1, -0.05) is 19.1 Å². The normalized spacial score (nSPS) is 9.71. The smallest absolute Gasteiger partial charge is 0.258 e. The summed E-state index contributed by atoms with van der Waals surface area (Å²) in [5, 5.41) is 18.5. The van der Waals surface area contributed by atoms with E-state index in [2.05, 4.69) is 0 Å². The fourth-order valence-electron chi connectivity index (χ4n) is 1.61. The van der Waals surface area contributed by atoms with E-state index in [1.54, 1.807) is 25.1 Å². The van der Waals surface area contributed by atoms with Gasteiger partial charge in [0.05, 0.1) is 11.6 Å². The minimum absolute atomic E-state index is 0.00320. The number of nitrogens with zero attached hydrogens (tertiary/aromatic N) is 2. The van der Waals surface area contributed by atoms with E-state index in [1.807, 2.05) is 13.0 Å². The van der Waals surface area contributed by atoms with Gasteiger partial charge in [-0.05, 0) is 25.0 Å². The van der Waals surface area contributed by atoms with Crippen LogP contribution in [0.5, 0.6) is 5.75 Å². The summed E-state index contributed by atoms with van der Waals surface area (Å²) in [5.41, 5.74) is 0.915. The van der Waals surface area contributed by atoms with Crippen LogP contribution in [0.4, 0.5) is 0 Å². The van der Waals surface area contributed by atoms with Crippen molar-refractivity contribution >= 4 is 5.91 Å². The Hall–Kier alpha value is -2.02. The largest absolute Gasteiger partial charge is 0.507 e. The van der Waals surface area contributed by atoms with Gasteiger partial charge in [-0.15, -0.1) is 0 Å². The van der Waals surface area contributed by atoms with Gasteiger partial charge in [0.2, 0.25) is 0 Å². The third-order valence-electron chi connectivity index (χ3n) is 2.51. The molecule has 0 aliphatic heterocycles. The molecular formula is C13H16N2O2. The molecule has 0 fully saturated rings. The minimum atomic E-state index is -0.297. The number of aromatic hydroxyl groups is 1. The van der Waals surface area contributed by atoms with E-state index < -0.39 is 0 Å². The van der Waals surface area contributed by atoms with Gasteiger partial charge < -0.3 is 10.0 Å². The van der Waals surface area contributed by atoms with Gasteiger partial charge in [-0.25, -0.2) is 0 Å². The molecule has 0 saturated heterocycles. The van der Waals surface area contributed by atoms with Crippen molar-refractivity contribution in [3.63, 3.8) is 0 Å². The number of hydrogen-bond donors (Lipinski definition) is 1. The molecule has 0 aromatic heterocycles. The Morgan fingerprint density at radius 1 is 1.53 bits per heavy atom. The number of nitriles is 1. The molecular weight excluding hydrogens is 216 g/mol. The molecule has 1 aromatic carbocycles. The van der Waals surface area contributed by atoms with Crippen LogP contribution in [0.2, 0.25) is 0 Å². The predicted octanol–water partition coefficient (Wildman–Crippen LogP) is 2.08. The molecule has 0 spiro atoms. The minimum Gasteiger partial charge on any atom is -0.507 e. The second kappa shape index (κ2) is 5.90. The van der Waals surface area contributed by atoms with Crippen LogP contribution in [0.25, 0.3) is 0 Å². The molecule has 1 aromatic rings. The summed E-state index contributed by atoms with van der Waals surface area (Å²) in [6.45, 7) is 4.23. The van der Waals surface area contributed by atoms with Crippen LogP contribution >= 0.6 is 0 Å². The van der Waals surface area contributed by atoms with Crippen molar-refractivity contribution in [2.45, 2.75) is 20.3 Å². The maximum atomic E-state index is 12.1. The quantitative estimate of drug-likeness (QED) is 0.808. The van der Waals surface area contributed by atoms with E-state index in [0.29, 0.717) is 12.1 Å². The molecule has 0 aliphatic carbocycles. The van der Waals surface area contributed by atoms with Crippen molar-refractivity contribution < 1.29 is 9.90 Å². The average Bonchev–Trinajstić information content (AvgIpc) is 2.31. The van der Waals surface area contributed by atoms with Gasteiger partial charge in [0.15, 0.2) is 0 Å². The predicted molar refractivity (Wildman–Crippen MR) is 64.7 cm³/mol. The van der Waals surface area contributed by atoms with Crippen LogP contribution in [0.15, 0.2) is 18.2 Å². The Labute approximate surface area is 101 Å². The van der Waals surface area contributed by atoms with E-state index in [4.69, 9.17) is 5.26 Å². The van der Waals surface area contributed by atoms with Crippen LogP contribution in [0.1, 0.15) is 29.3 Å². The SMILES string of the molecule is CCCN(CC#N)C(=O)c1cccc(C)c1O. The number of phenols is 1. The van der Waals surface area contributed by atoms with Crippen molar-refractivity contribution in [1.29, 1.82) is 5.26 Å². The van der Waals surface area contributed by atoms with Gasteiger partial charge in [0, 0.05) is 6.54 Å². The Balaban J connectivity index is 3.01. The molecule has 4 nitrogen and oxygen atoms in total. The van der Waals surface area contributed by atoms with Gasteiger partial charge in [-0.2, -0.15) is 5.26 Å². The number of para-hydroxylation sites is 1. The third-order valence-corrected chi connectivity index (χ3v) is 2.51. The van der Waals surface area contributed by atoms with E-state index in [9.17, 15) is 9.90 Å². The fraction of sp³-hybridized carbons (Fsp3) is 0.385. The Morgan fingerprint density at radius 2 is 2.24 bits per heavy atom. The Kier molecular flexibility index (Phi) is 4.53. The zero-order valence-corrected chi connectivity index (χ0v) is 10.1. The Morgan fingerprint density at radius 3 is 2.82 bits per heavy atom. The summed E-state index contributed by atoms with van der Waals surface area (Å²) in [7, 11) is 0. The summed E-state index contributed by atoms with van der Waals surface area (Å²) >= 11 is 0. The highest BCUT2D eigenvalue weighted by atomic mass is 16.3.